The van der Waals surface area contributed by atoms with Gasteiger partial charge in [0.25, 0.3) is 5.91 Å². The average Bonchev–Trinajstić information content (AvgIpc) is 3.22. The SMILES string of the molecule is Cn1cc(C(=O)NCC(O)Cc2ccccc2)c(-c2cccs2)n1. The molecule has 3 aromatic rings. The Bertz CT molecular complexity index is 797. The van der Waals surface area contributed by atoms with Crippen molar-refractivity contribution in [2.45, 2.75) is 12.5 Å². The smallest absolute Gasteiger partial charge is 0.255 e. The van der Waals surface area contributed by atoms with Crippen molar-refractivity contribution < 1.29 is 9.90 Å². The number of carbonyl (C=O) groups is 1. The predicted molar refractivity (Wildman–Crippen MR) is 95.0 cm³/mol. The van der Waals surface area contributed by atoms with Crippen molar-refractivity contribution >= 4 is 17.2 Å². The second-order valence-corrected chi connectivity index (χ2v) is 6.54. The molecule has 2 aromatic heterocycles. The molecule has 6 heteroatoms. The molecule has 2 heterocycles. The molecule has 2 N–H and O–H groups in total. The van der Waals surface area contributed by atoms with Gasteiger partial charge in [0, 0.05) is 26.2 Å². The molecular weight excluding hydrogens is 322 g/mol. The largest absolute Gasteiger partial charge is 0.391 e. The first-order chi connectivity index (χ1) is 11.6. The zero-order chi connectivity index (χ0) is 16.9. The fourth-order valence-corrected chi connectivity index (χ4v) is 3.24. The molecule has 124 valence electrons. The van der Waals surface area contributed by atoms with Gasteiger partial charge in [0.1, 0.15) is 5.69 Å². The van der Waals surface area contributed by atoms with Gasteiger partial charge in [-0.2, -0.15) is 5.10 Å². The molecule has 0 fully saturated rings. The Kier molecular flexibility index (Phi) is 5.08. The highest BCUT2D eigenvalue weighted by Crippen LogP contribution is 2.26. The van der Waals surface area contributed by atoms with Crippen LogP contribution in [-0.2, 0) is 13.5 Å². The fraction of sp³-hybridized carbons (Fsp3) is 0.222. The maximum Gasteiger partial charge on any atom is 0.255 e. The van der Waals surface area contributed by atoms with Crippen LogP contribution in [0.5, 0.6) is 0 Å². The van der Waals surface area contributed by atoms with E-state index in [2.05, 4.69) is 10.4 Å². The van der Waals surface area contributed by atoms with Crippen LogP contribution >= 0.6 is 11.3 Å². The number of nitrogens with one attached hydrogen (secondary N) is 1. The van der Waals surface area contributed by atoms with Crippen LogP contribution in [0.15, 0.2) is 54.0 Å². The number of hydrogen-bond donors (Lipinski definition) is 2. The van der Waals surface area contributed by atoms with Crippen molar-refractivity contribution in [3.05, 3.63) is 65.2 Å². The van der Waals surface area contributed by atoms with Crippen molar-refractivity contribution in [2.24, 2.45) is 7.05 Å². The van der Waals surface area contributed by atoms with E-state index in [4.69, 9.17) is 0 Å². The van der Waals surface area contributed by atoms with Crippen LogP contribution < -0.4 is 5.32 Å². The minimum absolute atomic E-state index is 0.201. The third-order valence-corrected chi connectivity index (χ3v) is 4.52. The molecule has 0 saturated heterocycles. The summed E-state index contributed by atoms with van der Waals surface area (Å²) in [7, 11) is 1.79. The lowest BCUT2D eigenvalue weighted by atomic mass is 10.1. The molecule has 0 saturated carbocycles. The van der Waals surface area contributed by atoms with Gasteiger partial charge in [-0.1, -0.05) is 36.4 Å². The number of nitrogens with zero attached hydrogens (tertiary/aromatic N) is 2. The monoisotopic (exact) mass is 341 g/mol. The Labute approximate surface area is 144 Å². The van der Waals surface area contributed by atoms with E-state index < -0.39 is 6.10 Å². The Morgan fingerprint density at radius 2 is 2.08 bits per heavy atom. The van der Waals surface area contributed by atoms with Crippen LogP contribution in [0.25, 0.3) is 10.6 Å². The molecule has 0 bridgehead atoms. The summed E-state index contributed by atoms with van der Waals surface area (Å²) in [5.74, 6) is -0.224. The maximum absolute atomic E-state index is 12.5. The molecule has 0 aliphatic carbocycles. The van der Waals surface area contributed by atoms with E-state index in [1.165, 1.54) is 0 Å². The summed E-state index contributed by atoms with van der Waals surface area (Å²) in [6.45, 7) is 0.201. The molecule has 3 rings (SSSR count). The lowest BCUT2D eigenvalue weighted by Crippen LogP contribution is -2.33. The number of benzene rings is 1. The van der Waals surface area contributed by atoms with Gasteiger partial charge in [0.15, 0.2) is 0 Å². The minimum Gasteiger partial charge on any atom is -0.391 e. The standard InChI is InChI=1S/C18H19N3O2S/c1-21-12-15(17(20-21)16-8-5-9-24-16)18(23)19-11-14(22)10-13-6-3-2-4-7-13/h2-9,12,14,22H,10-11H2,1H3,(H,19,23). The van der Waals surface area contributed by atoms with Crippen LogP contribution in [0.1, 0.15) is 15.9 Å². The number of thiophene rings is 1. The van der Waals surface area contributed by atoms with Gasteiger partial charge in [-0.25, -0.2) is 0 Å². The number of aliphatic hydroxyl groups is 1. The highest BCUT2D eigenvalue weighted by atomic mass is 32.1. The average molecular weight is 341 g/mol. The maximum atomic E-state index is 12.5. The minimum atomic E-state index is -0.627. The summed E-state index contributed by atoms with van der Waals surface area (Å²) < 4.78 is 1.63. The number of hydrogen-bond acceptors (Lipinski definition) is 4. The molecule has 1 aromatic carbocycles. The van der Waals surface area contributed by atoms with Gasteiger partial charge in [0.05, 0.1) is 16.5 Å². The van der Waals surface area contributed by atoms with Crippen molar-refractivity contribution in [2.75, 3.05) is 6.54 Å². The van der Waals surface area contributed by atoms with Gasteiger partial charge < -0.3 is 10.4 Å². The Balaban J connectivity index is 1.63. The van der Waals surface area contributed by atoms with Crippen molar-refractivity contribution in [3.63, 3.8) is 0 Å². The molecule has 0 aliphatic heterocycles. The van der Waals surface area contributed by atoms with Gasteiger partial charge >= 0.3 is 0 Å². The van der Waals surface area contributed by atoms with Crippen LogP contribution in [0.4, 0.5) is 0 Å². The number of carbonyl (C=O) groups excluding carboxylic acids is 1. The van der Waals surface area contributed by atoms with E-state index in [9.17, 15) is 9.90 Å². The van der Waals surface area contributed by atoms with E-state index >= 15 is 0 Å². The molecule has 1 amide bonds. The van der Waals surface area contributed by atoms with E-state index in [-0.39, 0.29) is 12.5 Å². The Morgan fingerprint density at radius 1 is 1.29 bits per heavy atom. The van der Waals surface area contributed by atoms with Crippen LogP contribution in [0.2, 0.25) is 0 Å². The number of rotatable bonds is 6. The summed E-state index contributed by atoms with van der Waals surface area (Å²) in [5, 5.41) is 19.2. The zero-order valence-electron chi connectivity index (χ0n) is 13.3. The number of amides is 1. The van der Waals surface area contributed by atoms with Crippen molar-refractivity contribution in [3.8, 4) is 10.6 Å². The lowest BCUT2D eigenvalue weighted by Gasteiger charge is -2.12. The Morgan fingerprint density at radius 3 is 2.79 bits per heavy atom. The third-order valence-electron chi connectivity index (χ3n) is 3.64. The summed E-state index contributed by atoms with van der Waals surface area (Å²) in [6.07, 6.45) is 1.58. The van der Waals surface area contributed by atoms with E-state index in [0.717, 1.165) is 10.4 Å². The van der Waals surface area contributed by atoms with Gasteiger partial charge in [-0.15, -0.1) is 11.3 Å². The number of aliphatic hydroxyl groups excluding tert-OH is 1. The highest BCUT2D eigenvalue weighted by molar-refractivity contribution is 7.13. The van der Waals surface area contributed by atoms with Crippen LogP contribution in [-0.4, -0.2) is 33.4 Å². The van der Waals surface area contributed by atoms with Crippen LogP contribution in [0.3, 0.4) is 0 Å². The molecule has 1 unspecified atom stereocenters. The Hall–Kier alpha value is -2.44. The lowest BCUT2D eigenvalue weighted by molar-refractivity contribution is 0.0916. The molecule has 0 aliphatic rings. The molecule has 1 atom stereocenters. The first kappa shape index (κ1) is 16.4. The number of aryl methyl sites for hydroxylation is 1. The first-order valence-corrected chi connectivity index (χ1v) is 8.59. The normalized spacial score (nSPS) is 12.1. The first-order valence-electron chi connectivity index (χ1n) is 7.71. The van der Waals surface area contributed by atoms with Crippen molar-refractivity contribution in [1.29, 1.82) is 0 Å². The van der Waals surface area contributed by atoms with E-state index in [1.54, 1.807) is 29.3 Å². The zero-order valence-corrected chi connectivity index (χ0v) is 14.2. The molecule has 5 nitrogen and oxygen atoms in total. The summed E-state index contributed by atoms with van der Waals surface area (Å²) in [4.78, 5) is 13.4. The number of aromatic nitrogens is 2. The van der Waals surface area contributed by atoms with E-state index in [0.29, 0.717) is 17.7 Å². The van der Waals surface area contributed by atoms with Crippen LogP contribution in [0, 0.1) is 0 Å². The second kappa shape index (κ2) is 7.42. The predicted octanol–water partition coefficient (Wildman–Crippen LogP) is 2.48. The summed E-state index contributed by atoms with van der Waals surface area (Å²) in [5.41, 5.74) is 2.23. The fourth-order valence-electron chi connectivity index (χ4n) is 2.51. The summed E-state index contributed by atoms with van der Waals surface area (Å²) >= 11 is 1.54. The molecular formula is C18H19N3O2S. The molecule has 24 heavy (non-hydrogen) atoms. The van der Waals surface area contributed by atoms with Gasteiger partial charge in [-0.05, 0) is 17.0 Å². The van der Waals surface area contributed by atoms with Gasteiger partial charge in [-0.3, -0.25) is 9.48 Å². The van der Waals surface area contributed by atoms with Crippen molar-refractivity contribution in [1.82, 2.24) is 15.1 Å². The molecule has 0 spiro atoms. The summed E-state index contributed by atoms with van der Waals surface area (Å²) in [6, 6.07) is 13.6. The second-order valence-electron chi connectivity index (χ2n) is 5.60. The van der Waals surface area contributed by atoms with Gasteiger partial charge in [0.2, 0.25) is 0 Å². The molecule has 0 radical (unpaired) electrons. The third kappa shape index (κ3) is 3.90. The topological polar surface area (TPSA) is 67.2 Å². The van der Waals surface area contributed by atoms with E-state index in [1.807, 2.05) is 47.8 Å². The highest BCUT2D eigenvalue weighted by Gasteiger charge is 2.18. The quantitative estimate of drug-likeness (QED) is 0.724.